The van der Waals surface area contributed by atoms with E-state index in [1.807, 2.05) is 0 Å². The molecule has 0 aromatic heterocycles. The van der Waals surface area contributed by atoms with Crippen LogP contribution in [0.4, 0.5) is 4.39 Å². The average molecular weight is 253 g/mol. The summed E-state index contributed by atoms with van der Waals surface area (Å²) in [5.74, 6) is 0.00470. The fourth-order valence-corrected chi connectivity index (χ4v) is 1.94. The van der Waals surface area contributed by atoms with Crippen LogP contribution in [0.5, 0.6) is 0 Å². The van der Waals surface area contributed by atoms with Crippen molar-refractivity contribution in [3.8, 4) is 0 Å². The lowest BCUT2D eigenvalue weighted by molar-refractivity contribution is -0.133. The zero-order valence-electron chi connectivity index (χ0n) is 10.4. The molecule has 0 spiro atoms. The van der Waals surface area contributed by atoms with Gasteiger partial charge in [-0.1, -0.05) is 20.8 Å². The van der Waals surface area contributed by atoms with E-state index in [2.05, 4.69) is 26.1 Å². The van der Waals surface area contributed by atoms with Gasteiger partial charge < -0.3 is 10.2 Å². The van der Waals surface area contributed by atoms with Gasteiger partial charge in [0.15, 0.2) is 0 Å². The second-order valence-electron chi connectivity index (χ2n) is 5.55. The molecule has 1 rings (SSSR count). The van der Waals surface area contributed by atoms with E-state index >= 15 is 0 Å². The molecule has 96 valence electrons. The Hall–Kier alpha value is -0.350. The summed E-state index contributed by atoms with van der Waals surface area (Å²) in [7, 11) is 1.78. The summed E-state index contributed by atoms with van der Waals surface area (Å²) in [6, 6.07) is -0.327. The van der Waals surface area contributed by atoms with Crippen molar-refractivity contribution in [2.24, 2.45) is 5.41 Å². The highest BCUT2D eigenvalue weighted by Gasteiger charge is 2.31. The van der Waals surface area contributed by atoms with E-state index in [0.29, 0.717) is 19.5 Å². The smallest absolute Gasteiger partial charge is 0.239 e. The second kappa shape index (κ2) is 5.82. The molecule has 3 nitrogen and oxygen atoms in total. The maximum atomic E-state index is 12.9. The quantitative estimate of drug-likeness (QED) is 0.810. The van der Waals surface area contributed by atoms with Crippen LogP contribution in [-0.4, -0.2) is 43.2 Å². The van der Waals surface area contributed by atoms with Crippen LogP contribution in [-0.2, 0) is 4.79 Å². The largest absolute Gasteiger partial charge is 0.344 e. The molecular weight excluding hydrogens is 231 g/mol. The third-order valence-corrected chi connectivity index (χ3v) is 2.46. The number of likely N-dealkylation sites (N-methyl/N-ethyl adjacent to an activating group) is 1. The van der Waals surface area contributed by atoms with Gasteiger partial charge in [-0.25, -0.2) is 4.39 Å². The molecule has 1 aliphatic rings. The van der Waals surface area contributed by atoms with E-state index < -0.39 is 6.17 Å². The summed E-state index contributed by atoms with van der Waals surface area (Å²) in [5.41, 5.74) is 0.0815. The summed E-state index contributed by atoms with van der Waals surface area (Å²) >= 11 is 0. The van der Waals surface area contributed by atoms with Crippen molar-refractivity contribution < 1.29 is 9.18 Å². The van der Waals surface area contributed by atoms with Gasteiger partial charge in [0.05, 0.1) is 6.04 Å². The molecule has 0 aromatic rings. The van der Waals surface area contributed by atoms with Gasteiger partial charge in [-0.2, -0.15) is 0 Å². The molecule has 1 fully saturated rings. The number of carbonyl (C=O) groups excluding carboxylic acids is 1. The normalized spacial score (nSPS) is 25.1. The number of nitrogens with zero attached hydrogens (tertiary/aromatic N) is 1. The highest BCUT2D eigenvalue weighted by molar-refractivity contribution is 5.85. The third-order valence-electron chi connectivity index (χ3n) is 2.46. The van der Waals surface area contributed by atoms with Crippen LogP contribution in [0.25, 0.3) is 0 Å². The molecule has 0 saturated carbocycles. The molecule has 16 heavy (non-hydrogen) atoms. The van der Waals surface area contributed by atoms with Crippen molar-refractivity contribution in [3.63, 3.8) is 0 Å². The summed E-state index contributed by atoms with van der Waals surface area (Å²) < 4.78 is 12.9. The summed E-state index contributed by atoms with van der Waals surface area (Å²) in [6.07, 6.45) is -0.560. The predicted molar refractivity (Wildman–Crippen MR) is 65.6 cm³/mol. The molecule has 2 atom stereocenters. The molecule has 1 saturated heterocycles. The number of alkyl halides is 1. The Morgan fingerprint density at radius 2 is 2.06 bits per heavy atom. The van der Waals surface area contributed by atoms with Crippen LogP contribution >= 0.6 is 12.4 Å². The van der Waals surface area contributed by atoms with Gasteiger partial charge in [0.2, 0.25) is 5.91 Å². The summed E-state index contributed by atoms with van der Waals surface area (Å²) in [5, 5.41) is 2.91. The fraction of sp³-hybridized carbons (Fsp3) is 0.909. The number of carbonyl (C=O) groups is 1. The zero-order valence-corrected chi connectivity index (χ0v) is 11.2. The lowest BCUT2D eigenvalue weighted by Gasteiger charge is -2.28. The molecule has 1 aliphatic heterocycles. The minimum absolute atomic E-state index is 0. The fourth-order valence-electron chi connectivity index (χ4n) is 1.94. The minimum Gasteiger partial charge on any atom is -0.344 e. The predicted octanol–water partition coefficient (Wildman–Crippen LogP) is 1.61. The van der Waals surface area contributed by atoms with Gasteiger partial charge in [-0.15, -0.1) is 12.4 Å². The van der Waals surface area contributed by atoms with Gasteiger partial charge in [-0.05, 0) is 5.41 Å². The third kappa shape index (κ3) is 4.66. The van der Waals surface area contributed by atoms with Gasteiger partial charge in [0.25, 0.3) is 0 Å². The van der Waals surface area contributed by atoms with E-state index in [9.17, 15) is 9.18 Å². The molecule has 1 N–H and O–H groups in total. The Morgan fingerprint density at radius 3 is 2.44 bits per heavy atom. The van der Waals surface area contributed by atoms with Crippen molar-refractivity contribution in [2.75, 3.05) is 20.1 Å². The number of amides is 1. The molecule has 0 aromatic carbocycles. The van der Waals surface area contributed by atoms with Crippen molar-refractivity contribution >= 4 is 18.3 Å². The minimum atomic E-state index is -0.873. The van der Waals surface area contributed by atoms with E-state index in [-0.39, 0.29) is 29.8 Å². The molecule has 0 unspecified atom stereocenters. The Morgan fingerprint density at radius 1 is 1.50 bits per heavy atom. The first-order valence-electron chi connectivity index (χ1n) is 5.42. The maximum absolute atomic E-state index is 12.9. The SMILES string of the molecule is CN(CC(C)(C)C)C(=O)[C@H]1C[C@H](F)CN1.Cl. The summed E-state index contributed by atoms with van der Waals surface area (Å²) in [4.78, 5) is 13.6. The Labute approximate surface area is 103 Å². The molecule has 5 heteroatoms. The monoisotopic (exact) mass is 252 g/mol. The lowest BCUT2D eigenvalue weighted by atomic mass is 9.96. The molecular formula is C11H22ClFN2O. The van der Waals surface area contributed by atoms with E-state index in [1.165, 1.54) is 0 Å². The molecule has 0 bridgehead atoms. The maximum Gasteiger partial charge on any atom is 0.239 e. The van der Waals surface area contributed by atoms with Gasteiger partial charge in [-0.3, -0.25) is 4.79 Å². The van der Waals surface area contributed by atoms with Crippen molar-refractivity contribution in [1.82, 2.24) is 10.2 Å². The Balaban J connectivity index is 0.00000225. The van der Waals surface area contributed by atoms with E-state index in [0.717, 1.165) is 0 Å². The van der Waals surface area contributed by atoms with Crippen LogP contribution < -0.4 is 5.32 Å². The molecule has 0 aliphatic carbocycles. The van der Waals surface area contributed by atoms with Gasteiger partial charge in [0, 0.05) is 26.6 Å². The van der Waals surface area contributed by atoms with Crippen LogP contribution in [0.1, 0.15) is 27.2 Å². The first-order chi connectivity index (χ1) is 6.79. The van der Waals surface area contributed by atoms with Crippen molar-refractivity contribution in [2.45, 2.75) is 39.4 Å². The first-order valence-corrected chi connectivity index (χ1v) is 5.42. The highest BCUT2D eigenvalue weighted by atomic mass is 35.5. The van der Waals surface area contributed by atoms with Gasteiger partial charge >= 0.3 is 0 Å². The van der Waals surface area contributed by atoms with Crippen LogP contribution in [0.2, 0.25) is 0 Å². The molecule has 1 heterocycles. The molecule has 0 radical (unpaired) electrons. The van der Waals surface area contributed by atoms with Crippen LogP contribution in [0.3, 0.4) is 0 Å². The number of hydrogen-bond acceptors (Lipinski definition) is 2. The number of nitrogens with one attached hydrogen (secondary N) is 1. The van der Waals surface area contributed by atoms with Crippen LogP contribution in [0, 0.1) is 5.41 Å². The number of hydrogen-bond donors (Lipinski definition) is 1. The van der Waals surface area contributed by atoms with E-state index in [4.69, 9.17) is 0 Å². The second-order valence-corrected chi connectivity index (χ2v) is 5.55. The van der Waals surface area contributed by atoms with Crippen LogP contribution in [0.15, 0.2) is 0 Å². The average Bonchev–Trinajstić information content (AvgIpc) is 2.47. The first kappa shape index (κ1) is 15.7. The Kier molecular flexibility index (Phi) is 5.70. The summed E-state index contributed by atoms with van der Waals surface area (Å²) in [6.45, 7) is 7.24. The molecule has 1 amide bonds. The zero-order chi connectivity index (χ0) is 11.6. The Bertz CT molecular complexity index is 243. The number of rotatable bonds is 2. The highest BCUT2D eigenvalue weighted by Crippen LogP contribution is 2.17. The topological polar surface area (TPSA) is 32.3 Å². The number of halogens is 2. The van der Waals surface area contributed by atoms with E-state index in [1.54, 1.807) is 11.9 Å². The lowest BCUT2D eigenvalue weighted by Crippen LogP contribution is -2.44. The standard InChI is InChI=1S/C11H21FN2O.ClH/c1-11(2,3)7-14(4)10(15)9-5-8(12)6-13-9;/h8-9,13H,5-7H2,1-4H3;1H/t8-,9+;/m0./s1. The van der Waals surface area contributed by atoms with Crippen molar-refractivity contribution in [3.05, 3.63) is 0 Å². The van der Waals surface area contributed by atoms with Crippen molar-refractivity contribution in [1.29, 1.82) is 0 Å². The van der Waals surface area contributed by atoms with Gasteiger partial charge in [0.1, 0.15) is 6.17 Å².